The number of fused-ring (bicyclic) bond motifs is 1. The molecule has 3 aromatic carbocycles. The largest absolute Gasteiger partial charge is 0.496 e. The lowest BCUT2D eigenvalue weighted by molar-refractivity contribution is 0.410. The maximum atomic E-state index is 14.6. The maximum absolute atomic E-state index is 14.6. The number of nitrogens with zero attached hydrogens (tertiary/aromatic N) is 1. The van der Waals surface area contributed by atoms with E-state index in [1.165, 1.54) is 13.2 Å². The van der Waals surface area contributed by atoms with E-state index in [4.69, 9.17) is 4.74 Å². The van der Waals surface area contributed by atoms with E-state index in [1.807, 2.05) is 36.4 Å². The molecular weight excluding hydrogens is 313 g/mol. The van der Waals surface area contributed by atoms with E-state index in [2.05, 4.69) is 4.36 Å². The number of hydrogen-bond donors (Lipinski definition) is 0. The van der Waals surface area contributed by atoms with Crippen molar-refractivity contribution in [3.8, 4) is 5.75 Å². The van der Waals surface area contributed by atoms with Crippen LogP contribution in [-0.4, -0.2) is 11.3 Å². The molecule has 0 radical (unpaired) electrons. The molecule has 0 amide bonds. The molecule has 0 saturated heterocycles. The Labute approximate surface area is 135 Å². The van der Waals surface area contributed by atoms with Crippen LogP contribution in [0.15, 0.2) is 76.0 Å². The Morgan fingerprint density at radius 2 is 1.70 bits per heavy atom. The topological polar surface area (TPSA) is 38.7 Å². The Hall–Kier alpha value is -2.40. The Morgan fingerprint density at radius 3 is 2.48 bits per heavy atom. The van der Waals surface area contributed by atoms with Gasteiger partial charge in [-0.25, -0.2) is 8.57 Å². The fourth-order valence-electron chi connectivity index (χ4n) is 2.38. The second-order valence-corrected chi connectivity index (χ2v) is 6.71. The number of methoxy groups -OCH3 is 1. The summed E-state index contributed by atoms with van der Waals surface area (Å²) in [5, 5.41) is 1.80. The van der Waals surface area contributed by atoms with Gasteiger partial charge in [0.25, 0.3) is 0 Å². The standard InChI is InChI=1S/C18H16FNO2S/c1-22-18-9-5-4-8-16(18)13-20-23(19,21)17-11-10-14-6-2-3-7-15(14)12-17/h2-12H,13H2,1H3/t23-/m1/s1. The minimum atomic E-state index is -3.96. The van der Waals surface area contributed by atoms with Crippen molar-refractivity contribution in [2.75, 3.05) is 7.11 Å². The van der Waals surface area contributed by atoms with E-state index in [1.54, 1.807) is 24.3 Å². The van der Waals surface area contributed by atoms with Crippen LogP contribution < -0.4 is 4.74 Å². The first-order chi connectivity index (χ1) is 11.1. The quantitative estimate of drug-likeness (QED) is 0.647. The number of rotatable bonds is 4. The van der Waals surface area contributed by atoms with Crippen molar-refractivity contribution >= 4 is 20.9 Å². The lowest BCUT2D eigenvalue weighted by Gasteiger charge is -2.06. The first-order valence-corrected chi connectivity index (χ1v) is 8.55. The number of hydrogen-bond acceptors (Lipinski definition) is 3. The monoisotopic (exact) mass is 329 g/mol. The SMILES string of the molecule is COc1ccccc1CN=[S@](=O)(F)c1ccc2ccccc2c1. The fraction of sp³-hybridized carbons (Fsp3) is 0.111. The van der Waals surface area contributed by atoms with Crippen molar-refractivity contribution in [1.82, 2.24) is 0 Å². The number of ether oxygens (including phenoxy) is 1. The van der Waals surface area contributed by atoms with E-state index in [0.717, 1.165) is 10.8 Å². The van der Waals surface area contributed by atoms with Crippen molar-refractivity contribution < 1.29 is 12.8 Å². The molecule has 0 aliphatic heterocycles. The first kappa shape index (κ1) is 15.5. The molecule has 0 heterocycles. The van der Waals surface area contributed by atoms with Gasteiger partial charge >= 0.3 is 0 Å². The van der Waals surface area contributed by atoms with Gasteiger partial charge in [-0.3, -0.25) is 0 Å². The van der Waals surface area contributed by atoms with Crippen LogP contribution in [0.3, 0.4) is 0 Å². The van der Waals surface area contributed by atoms with E-state index in [0.29, 0.717) is 11.3 Å². The van der Waals surface area contributed by atoms with Crippen LogP contribution in [-0.2, 0) is 16.7 Å². The summed E-state index contributed by atoms with van der Waals surface area (Å²) in [6, 6.07) is 19.6. The normalized spacial score (nSPS) is 13.5. The molecular formula is C18H16FNO2S. The van der Waals surface area contributed by atoms with Gasteiger partial charge in [-0.2, -0.15) is 0 Å². The molecule has 0 aliphatic rings. The van der Waals surface area contributed by atoms with E-state index in [9.17, 15) is 8.09 Å². The van der Waals surface area contributed by atoms with Gasteiger partial charge in [0.1, 0.15) is 5.75 Å². The molecule has 0 aromatic heterocycles. The zero-order chi connectivity index (χ0) is 16.3. The molecule has 118 valence electrons. The van der Waals surface area contributed by atoms with Crippen molar-refractivity contribution in [2.45, 2.75) is 11.4 Å². The smallest absolute Gasteiger partial charge is 0.231 e. The van der Waals surface area contributed by atoms with Gasteiger partial charge in [0.15, 0.2) is 0 Å². The number of benzene rings is 3. The minimum absolute atomic E-state index is 0.00776. The van der Waals surface area contributed by atoms with Crippen molar-refractivity contribution in [3.63, 3.8) is 0 Å². The van der Waals surface area contributed by atoms with Gasteiger partial charge in [0.2, 0.25) is 10.1 Å². The predicted octanol–water partition coefficient (Wildman–Crippen LogP) is 4.76. The summed E-state index contributed by atoms with van der Waals surface area (Å²) in [4.78, 5) is 0.0890. The summed E-state index contributed by atoms with van der Waals surface area (Å²) in [5.41, 5.74) is 0.696. The average Bonchev–Trinajstić information content (AvgIpc) is 2.60. The Kier molecular flexibility index (Phi) is 4.30. The summed E-state index contributed by atoms with van der Waals surface area (Å²) in [6.45, 7) is -0.00776. The number of para-hydroxylation sites is 1. The molecule has 0 saturated carbocycles. The van der Waals surface area contributed by atoms with Gasteiger partial charge < -0.3 is 4.74 Å². The Balaban J connectivity index is 1.97. The summed E-state index contributed by atoms with van der Waals surface area (Å²) in [7, 11) is -2.42. The molecule has 0 N–H and O–H groups in total. The van der Waals surface area contributed by atoms with Crippen LogP contribution in [0.25, 0.3) is 10.8 Å². The molecule has 3 nitrogen and oxygen atoms in total. The molecule has 23 heavy (non-hydrogen) atoms. The van der Waals surface area contributed by atoms with Gasteiger partial charge in [0, 0.05) is 5.56 Å². The fourth-order valence-corrected chi connectivity index (χ4v) is 3.35. The molecule has 0 fully saturated rings. The van der Waals surface area contributed by atoms with E-state index < -0.39 is 10.1 Å². The lowest BCUT2D eigenvalue weighted by Crippen LogP contribution is -1.96. The second-order valence-electron chi connectivity index (χ2n) is 5.07. The highest BCUT2D eigenvalue weighted by atomic mass is 32.3. The van der Waals surface area contributed by atoms with Crippen molar-refractivity contribution in [1.29, 1.82) is 0 Å². The molecule has 3 rings (SSSR count). The van der Waals surface area contributed by atoms with Crippen molar-refractivity contribution in [3.05, 3.63) is 72.3 Å². The Morgan fingerprint density at radius 1 is 1.00 bits per heavy atom. The summed E-state index contributed by atoms with van der Waals surface area (Å²) < 4.78 is 35.9. The van der Waals surface area contributed by atoms with Gasteiger partial charge in [-0.15, -0.1) is 3.89 Å². The molecule has 0 unspecified atom stereocenters. The highest BCUT2D eigenvalue weighted by molar-refractivity contribution is 7.88. The van der Waals surface area contributed by atoms with Crippen LogP contribution >= 0.6 is 0 Å². The predicted molar refractivity (Wildman–Crippen MR) is 90.6 cm³/mol. The third kappa shape index (κ3) is 3.35. The van der Waals surface area contributed by atoms with Gasteiger partial charge in [-0.05, 0) is 29.0 Å². The average molecular weight is 329 g/mol. The van der Waals surface area contributed by atoms with Crippen LogP contribution in [0.4, 0.5) is 3.89 Å². The molecule has 1 atom stereocenters. The molecule has 3 aromatic rings. The van der Waals surface area contributed by atoms with Crippen LogP contribution in [0, 0.1) is 0 Å². The third-order valence-electron chi connectivity index (χ3n) is 3.61. The zero-order valence-corrected chi connectivity index (χ0v) is 13.4. The van der Waals surface area contributed by atoms with Crippen LogP contribution in [0.2, 0.25) is 0 Å². The maximum Gasteiger partial charge on any atom is 0.231 e. The molecule has 0 bridgehead atoms. The second kappa shape index (κ2) is 6.38. The minimum Gasteiger partial charge on any atom is -0.496 e. The highest BCUT2D eigenvalue weighted by Gasteiger charge is 2.12. The summed E-state index contributed by atoms with van der Waals surface area (Å²) >= 11 is 0. The van der Waals surface area contributed by atoms with Crippen LogP contribution in [0.5, 0.6) is 5.75 Å². The summed E-state index contributed by atoms with van der Waals surface area (Å²) in [6.07, 6.45) is 0. The summed E-state index contributed by atoms with van der Waals surface area (Å²) in [5.74, 6) is 0.602. The molecule has 5 heteroatoms. The van der Waals surface area contributed by atoms with Gasteiger partial charge in [-0.1, -0.05) is 48.5 Å². The Bertz CT molecular complexity index is 962. The third-order valence-corrected chi connectivity index (χ3v) is 4.90. The van der Waals surface area contributed by atoms with E-state index >= 15 is 0 Å². The first-order valence-electron chi connectivity index (χ1n) is 7.13. The van der Waals surface area contributed by atoms with E-state index in [-0.39, 0.29) is 11.4 Å². The molecule has 0 spiro atoms. The highest BCUT2D eigenvalue weighted by Crippen LogP contribution is 2.24. The van der Waals surface area contributed by atoms with Crippen molar-refractivity contribution in [2.24, 2.45) is 4.36 Å². The number of halogens is 1. The zero-order valence-electron chi connectivity index (χ0n) is 12.6. The van der Waals surface area contributed by atoms with Gasteiger partial charge in [0.05, 0.1) is 18.6 Å². The molecule has 0 aliphatic carbocycles. The van der Waals surface area contributed by atoms with Crippen LogP contribution in [0.1, 0.15) is 5.56 Å². The lowest BCUT2D eigenvalue weighted by atomic mass is 10.1.